The van der Waals surface area contributed by atoms with Crippen LogP contribution in [-0.4, -0.2) is 46.7 Å². The third-order valence-electron chi connectivity index (χ3n) is 5.36. The van der Waals surface area contributed by atoms with Gasteiger partial charge in [0.1, 0.15) is 18.1 Å². The summed E-state index contributed by atoms with van der Waals surface area (Å²) in [5, 5.41) is 4.93. The minimum atomic E-state index is -1.16. The molecule has 0 fully saturated rings. The Morgan fingerprint density at radius 3 is 2.66 bits per heavy atom. The predicted octanol–water partition coefficient (Wildman–Crippen LogP) is 4.71. The van der Waals surface area contributed by atoms with E-state index in [1.54, 1.807) is 18.5 Å². The number of carbonyl (C=O) groups is 1. The van der Waals surface area contributed by atoms with Crippen molar-refractivity contribution in [2.24, 2.45) is 0 Å². The number of aromatic nitrogens is 4. The highest BCUT2D eigenvalue weighted by atomic mass is 28.3. The van der Waals surface area contributed by atoms with Gasteiger partial charge in [-0.2, -0.15) is 0 Å². The summed E-state index contributed by atoms with van der Waals surface area (Å²) in [6, 6.07) is 10.8. The molecule has 4 rings (SSSR count). The number of ether oxygens (including phenoxy) is 1. The second kappa shape index (κ2) is 9.18. The molecule has 4 aromatic rings. The lowest BCUT2D eigenvalue weighted by Crippen LogP contribution is -2.23. The van der Waals surface area contributed by atoms with E-state index in [1.807, 2.05) is 31.3 Å². The van der Waals surface area contributed by atoms with Gasteiger partial charge in [0.15, 0.2) is 0 Å². The van der Waals surface area contributed by atoms with Crippen molar-refractivity contribution in [3.63, 3.8) is 0 Å². The Labute approximate surface area is 188 Å². The van der Waals surface area contributed by atoms with Gasteiger partial charge in [0.2, 0.25) is 0 Å². The molecule has 0 spiro atoms. The Balaban J connectivity index is 1.68. The molecule has 1 N–H and O–H groups in total. The van der Waals surface area contributed by atoms with E-state index < -0.39 is 8.07 Å². The summed E-state index contributed by atoms with van der Waals surface area (Å²) in [6.07, 6.45) is 5.36. The van der Waals surface area contributed by atoms with Crippen molar-refractivity contribution in [1.82, 2.24) is 24.8 Å². The van der Waals surface area contributed by atoms with Crippen LogP contribution in [0.1, 0.15) is 17.4 Å². The number of amides is 1. The number of hydrogen-bond donors (Lipinski definition) is 1. The van der Waals surface area contributed by atoms with E-state index in [0.29, 0.717) is 19.0 Å². The summed E-state index contributed by atoms with van der Waals surface area (Å²) < 4.78 is 8.14. The molecule has 0 aromatic carbocycles. The predicted molar refractivity (Wildman–Crippen MR) is 130 cm³/mol. The largest absolute Gasteiger partial charge is 0.361 e. The van der Waals surface area contributed by atoms with Crippen LogP contribution in [0.3, 0.4) is 0 Å². The maximum atomic E-state index is 12.0. The Kier molecular flexibility index (Phi) is 6.34. The minimum Gasteiger partial charge on any atom is -0.361 e. The first-order chi connectivity index (χ1) is 15.4. The summed E-state index contributed by atoms with van der Waals surface area (Å²) in [5.41, 5.74) is 3.91. The van der Waals surface area contributed by atoms with Gasteiger partial charge < -0.3 is 10.1 Å². The zero-order valence-corrected chi connectivity index (χ0v) is 20.1. The molecule has 7 nitrogen and oxygen atoms in total. The average Bonchev–Trinajstić information content (AvgIpc) is 3.09. The lowest BCUT2D eigenvalue weighted by Gasteiger charge is -2.16. The fraction of sp³-hybridized carbons (Fsp3) is 0.333. The fourth-order valence-electron chi connectivity index (χ4n) is 3.56. The Morgan fingerprint density at radius 2 is 1.94 bits per heavy atom. The van der Waals surface area contributed by atoms with E-state index in [0.717, 1.165) is 45.8 Å². The van der Waals surface area contributed by atoms with Crippen LogP contribution in [0.4, 0.5) is 0 Å². The van der Waals surface area contributed by atoms with Gasteiger partial charge in [0.25, 0.3) is 5.91 Å². The van der Waals surface area contributed by atoms with E-state index in [1.165, 1.54) is 0 Å². The van der Waals surface area contributed by atoms with Gasteiger partial charge in [-0.05, 0) is 43.3 Å². The first kappa shape index (κ1) is 22.1. The van der Waals surface area contributed by atoms with Crippen LogP contribution >= 0.6 is 0 Å². The monoisotopic (exact) mass is 447 g/mol. The third kappa shape index (κ3) is 4.71. The SMILES string of the molecule is CCNC(=O)c1ccc(-c2ccc3c4ccncc4n(COCC[Si](C)(C)C)c3n2)cn1. The van der Waals surface area contributed by atoms with Gasteiger partial charge in [-0.1, -0.05) is 19.6 Å². The first-order valence-electron chi connectivity index (χ1n) is 10.9. The Hall–Kier alpha value is -3.10. The molecule has 0 unspecified atom stereocenters. The minimum absolute atomic E-state index is 0.175. The molecule has 1 amide bonds. The molecule has 4 aromatic heterocycles. The highest BCUT2D eigenvalue weighted by molar-refractivity contribution is 6.76. The molecular formula is C24H29N5O2Si. The van der Waals surface area contributed by atoms with Gasteiger partial charge in [0.05, 0.1) is 17.4 Å². The summed E-state index contributed by atoms with van der Waals surface area (Å²) in [4.78, 5) is 25.6. The second-order valence-electron chi connectivity index (χ2n) is 9.03. The number of fused-ring (bicyclic) bond motifs is 3. The van der Waals surface area contributed by atoms with E-state index in [-0.39, 0.29) is 5.91 Å². The molecule has 8 heteroatoms. The Bertz CT molecular complexity index is 1250. The molecule has 0 aliphatic rings. The molecule has 0 saturated carbocycles. The zero-order valence-electron chi connectivity index (χ0n) is 19.1. The molecule has 0 bridgehead atoms. The number of pyridine rings is 3. The van der Waals surface area contributed by atoms with Crippen molar-refractivity contribution in [2.75, 3.05) is 13.2 Å². The summed E-state index contributed by atoms with van der Waals surface area (Å²) in [5.74, 6) is -0.175. The smallest absolute Gasteiger partial charge is 0.269 e. The van der Waals surface area contributed by atoms with E-state index in [9.17, 15) is 4.79 Å². The molecule has 0 saturated heterocycles. The molecular weight excluding hydrogens is 418 g/mol. The van der Waals surface area contributed by atoms with E-state index in [4.69, 9.17) is 9.72 Å². The van der Waals surface area contributed by atoms with Crippen molar-refractivity contribution in [3.05, 3.63) is 54.6 Å². The van der Waals surface area contributed by atoms with Crippen LogP contribution in [0.2, 0.25) is 25.7 Å². The highest BCUT2D eigenvalue weighted by Gasteiger charge is 2.16. The molecule has 4 heterocycles. The number of rotatable bonds is 8. The number of carbonyl (C=O) groups excluding carboxylic acids is 1. The average molecular weight is 448 g/mol. The van der Waals surface area contributed by atoms with Crippen LogP contribution < -0.4 is 5.32 Å². The van der Waals surface area contributed by atoms with E-state index in [2.05, 4.69) is 45.6 Å². The van der Waals surface area contributed by atoms with Gasteiger partial charge in [0, 0.05) is 50.0 Å². The van der Waals surface area contributed by atoms with Crippen LogP contribution in [0.25, 0.3) is 33.2 Å². The van der Waals surface area contributed by atoms with E-state index >= 15 is 0 Å². The quantitative estimate of drug-likeness (QED) is 0.312. The van der Waals surface area contributed by atoms with Crippen LogP contribution in [-0.2, 0) is 11.5 Å². The van der Waals surface area contributed by atoms with Crippen molar-refractivity contribution >= 4 is 35.9 Å². The van der Waals surface area contributed by atoms with Gasteiger partial charge >= 0.3 is 0 Å². The van der Waals surface area contributed by atoms with Crippen LogP contribution in [0.5, 0.6) is 0 Å². The number of nitrogens with one attached hydrogen (secondary N) is 1. The molecule has 0 aliphatic heterocycles. The molecule has 0 radical (unpaired) electrons. The summed E-state index contributed by atoms with van der Waals surface area (Å²) in [6.45, 7) is 10.7. The Morgan fingerprint density at radius 1 is 1.09 bits per heavy atom. The normalized spacial score (nSPS) is 11.9. The van der Waals surface area contributed by atoms with Gasteiger partial charge in [-0.3, -0.25) is 19.3 Å². The summed E-state index contributed by atoms with van der Waals surface area (Å²) in [7, 11) is -1.16. The molecule has 32 heavy (non-hydrogen) atoms. The van der Waals surface area contributed by atoms with Gasteiger partial charge in [-0.25, -0.2) is 4.98 Å². The highest BCUT2D eigenvalue weighted by Crippen LogP contribution is 2.29. The lowest BCUT2D eigenvalue weighted by molar-refractivity contribution is 0.0925. The van der Waals surface area contributed by atoms with Crippen LogP contribution in [0, 0.1) is 0 Å². The molecule has 166 valence electrons. The first-order valence-corrected chi connectivity index (χ1v) is 14.6. The maximum absolute atomic E-state index is 12.0. The maximum Gasteiger partial charge on any atom is 0.269 e. The number of nitrogens with zero attached hydrogens (tertiary/aromatic N) is 4. The van der Waals surface area contributed by atoms with Crippen molar-refractivity contribution in [3.8, 4) is 11.3 Å². The van der Waals surface area contributed by atoms with Gasteiger partial charge in [-0.15, -0.1) is 0 Å². The summed E-state index contributed by atoms with van der Waals surface area (Å²) >= 11 is 0. The van der Waals surface area contributed by atoms with Crippen LogP contribution in [0.15, 0.2) is 48.9 Å². The fourth-order valence-corrected chi connectivity index (χ4v) is 4.32. The van der Waals surface area contributed by atoms with Crippen molar-refractivity contribution in [2.45, 2.75) is 39.3 Å². The molecule has 0 aliphatic carbocycles. The third-order valence-corrected chi connectivity index (χ3v) is 7.06. The topological polar surface area (TPSA) is 81.9 Å². The zero-order chi connectivity index (χ0) is 22.7. The lowest BCUT2D eigenvalue weighted by atomic mass is 10.1. The molecule has 0 atom stereocenters. The van der Waals surface area contributed by atoms with Crippen molar-refractivity contribution in [1.29, 1.82) is 0 Å². The van der Waals surface area contributed by atoms with Crippen molar-refractivity contribution < 1.29 is 9.53 Å². The second-order valence-corrected chi connectivity index (χ2v) is 14.6. The standard InChI is InChI=1S/C24H29N5O2Si/c1-5-26-24(30)21-8-6-17(14-27-21)20-9-7-19-18-10-11-25-15-22(18)29(23(19)28-20)16-31-12-13-32(2,3)4/h6-11,14-15H,5,12-13,16H2,1-4H3,(H,26,30). The number of hydrogen-bond acceptors (Lipinski definition) is 5.